The van der Waals surface area contributed by atoms with E-state index in [0.717, 1.165) is 29.3 Å². The van der Waals surface area contributed by atoms with E-state index in [1.165, 1.54) is 0 Å². The summed E-state index contributed by atoms with van der Waals surface area (Å²) >= 11 is 0. The summed E-state index contributed by atoms with van der Waals surface area (Å²) < 4.78 is 27.1. The molecular weight excluding hydrogens is 450 g/mol. The summed E-state index contributed by atoms with van der Waals surface area (Å²) in [5.41, 5.74) is 14.0. The molecule has 5 nitrogen and oxygen atoms in total. The van der Waals surface area contributed by atoms with Crippen LogP contribution in [0.1, 0.15) is 62.6 Å². The zero-order chi connectivity index (χ0) is 26.2. The second kappa shape index (κ2) is 13.0. The lowest BCUT2D eigenvalue weighted by Crippen LogP contribution is -2.42. The Morgan fingerprint density at radius 1 is 0.971 bits per heavy atom. The van der Waals surface area contributed by atoms with Gasteiger partial charge in [0.25, 0.3) is 0 Å². The van der Waals surface area contributed by atoms with Crippen LogP contribution in [0.15, 0.2) is 42.5 Å². The predicted octanol–water partition coefficient (Wildman–Crippen LogP) is 4.19. The molecule has 0 aliphatic heterocycles. The van der Waals surface area contributed by atoms with Crippen molar-refractivity contribution in [2.75, 3.05) is 0 Å². The largest absolute Gasteiger partial charge is 0.384 e. The summed E-state index contributed by atoms with van der Waals surface area (Å²) in [5, 5.41) is 10.4. The van der Waals surface area contributed by atoms with Gasteiger partial charge in [0, 0.05) is 31.3 Å². The molecule has 0 fully saturated rings. The Balaban J connectivity index is 1.75. The number of Topliss-reactive ketones (excluding diaryl/α,β-unsaturated/α-hetero) is 2. The quantitative estimate of drug-likeness (QED) is 0.370. The van der Waals surface area contributed by atoms with Crippen LogP contribution in [0.4, 0.5) is 8.78 Å². The first-order valence-corrected chi connectivity index (χ1v) is 12.1. The van der Waals surface area contributed by atoms with Crippen LogP contribution in [0.5, 0.6) is 0 Å². The van der Waals surface area contributed by atoms with Gasteiger partial charge in [-0.05, 0) is 67.3 Å². The van der Waals surface area contributed by atoms with Crippen LogP contribution < -0.4 is 11.5 Å². The van der Waals surface area contributed by atoms with Crippen LogP contribution in [-0.2, 0) is 22.4 Å². The number of hydrogen-bond acceptors (Lipinski definition) is 5. The molecule has 0 bridgehead atoms. The highest BCUT2D eigenvalue weighted by Crippen LogP contribution is 2.29. The molecule has 0 aromatic heterocycles. The lowest BCUT2D eigenvalue weighted by Gasteiger charge is -2.25. The maximum atomic E-state index is 13.8. The summed E-state index contributed by atoms with van der Waals surface area (Å²) in [6, 6.07) is 9.71. The summed E-state index contributed by atoms with van der Waals surface area (Å²) in [6.07, 6.45) is 0.809. The zero-order valence-corrected chi connectivity index (χ0v) is 20.9. The number of benzene rings is 2. The molecule has 2 rings (SSSR count). The topological polar surface area (TPSA) is 106 Å². The van der Waals surface area contributed by atoms with Crippen LogP contribution in [0.25, 0.3) is 0 Å². The Morgan fingerprint density at radius 2 is 1.60 bits per heavy atom. The highest BCUT2D eigenvalue weighted by Gasteiger charge is 2.27. The van der Waals surface area contributed by atoms with Gasteiger partial charge in [-0.1, -0.05) is 43.7 Å². The summed E-state index contributed by atoms with van der Waals surface area (Å²) in [4.78, 5) is 24.9. The van der Waals surface area contributed by atoms with Gasteiger partial charge in [0.1, 0.15) is 23.5 Å². The van der Waals surface area contributed by atoms with Crippen molar-refractivity contribution in [1.29, 1.82) is 0 Å². The van der Waals surface area contributed by atoms with Crippen LogP contribution in [0.2, 0.25) is 0 Å². The highest BCUT2D eigenvalue weighted by atomic mass is 19.1. The number of halogens is 2. The van der Waals surface area contributed by atoms with Crippen molar-refractivity contribution in [3.63, 3.8) is 0 Å². The number of hydrogen-bond donors (Lipinski definition) is 3. The van der Waals surface area contributed by atoms with Gasteiger partial charge in [0.15, 0.2) is 5.78 Å². The molecule has 0 radical (unpaired) electrons. The second-order valence-corrected chi connectivity index (χ2v) is 10.4. The van der Waals surface area contributed by atoms with Gasteiger partial charge in [0.05, 0.1) is 0 Å². The van der Waals surface area contributed by atoms with Gasteiger partial charge in [-0.2, -0.15) is 0 Å². The molecular formula is C28H38F2N2O3. The fourth-order valence-electron chi connectivity index (χ4n) is 4.01. The van der Waals surface area contributed by atoms with Crippen molar-refractivity contribution in [2.45, 2.75) is 83.9 Å². The Hall–Kier alpha value is -2.48. The third kappa shape index (κ3) is 9.96. The van der Waals surface area contributed by atoms with Crippen LogP contribution in [0, 0.1) is 24.0 Å². The predicted molar refractivity (Wildman–Crippen MR) is 134 cm³/mol. The molecule has 5 N–H and O–H groups in total. The Kier molecular flexibility index (Phi) is 10.7. The third-order valence-corrected chi connectivity index (χ3v) is 6.44. The van der Waals surface area contributed by atoms with E-state index >= 15 is 0 Å². The van der Waals surface area contributed by atoms with Crippen LogP contribution in [0.3, 0.4) is 0 Å². The number of carbonyl (C=O) groups is 2. The Morgan fingerprint density at radius 3 is 2.26 bits per heavy atom. The molecule has 0 spiro atoms. The van der Waals surface area contributed by atoms with Crippen molar-refractivity contribution in [2.24, 2.45) is 16.9 Å². The van der Waals surface area contributed by atoms with E-state index in [-0.39, 0.29) is 48.2 Å². The summed E-state index contributed by atoms with van der Waals surface area (Å²) in [7, 11) is 0. The van der Waals surface area contributed by atoms with Gasteiger partial charge in [-0.15, -0.1) is 0 Å². The number of aryl methyl sites for hydroxylation is 1. The van der Waals surface area contributed by atoms with Gasteiger partial charge < -0.3 is 16.6 Å². The number of ketones is 2. The first kappa shape index (κ1) is 28.8. The minimum absolute atomic E-state index is 0.0612. The molecule has 192 valence electrons. The van der Waals surface area contributed by atoms with E-state index in [1.807, 2.05) is 45.0 Å². The second-order valence-electron chi connectivity index (χ2n) is 10.4. The molecule has 7 heteroatoms. The fraction of sp³-hybridized carbons (Fsp3) is 0.500. The van der Waals surface area contributed by atoms with Crippen LogP contribution in [-0.4, -0.2) is 34.9 Å². The Labute approximate surface area is 206 Å². The van der Waals surface area contributed by atoms with E-state index < -0.39 is 29.8 Å². The molecule has 0 saturated carbocycles. The monoisotopic (exact) mass is 488 g/mol. The minimum Gasteiger partial charge on any atom is -0.384 e. The van der Waals surface area contributed by atoms with E-state index in [1.54, 1.807) is 0 Å². The van der Waals surface area contributed by atoms with Crippen molar-refractivity contribution >= 4 is 11.6 Å². The van der Waals surface area contributed by atoms with Crippen molar-refractivity contribution in [3.8, 4) is 0 Å². The molecule has 2 aromatic carbocycles. The number of aliphatic hydroxyl groups excluding tert-OH is 1. The highest BCUT2D eigenvalue weighted by molar-refractivity contribution is 5.83. The molecule has 0 aliphatic carbocycles. The normalized spacial score (nSPS) is 14.4. The molecule has 0 aliphatic rings. The first-order chi connectivity index (χ1) is 16.4. The Bertz CT molecular complexity index is 992. The van der Waals surface area contributed by atoms with E-state index in [2.05, 4.69) is 0 Å². The number of nitrogens with two attached hydrogens (primary N) is 2. The minimum atomic E-state index is -1.24. The van der Waals surface area contributed by atoms with Crippen molar-refractivity contribution in [3.05, 3.63) is 70.8 Å². The van der Waals surface area contributed by atoms with Crippen molar-refractivity contribution < 1.29 is 23.5 Å². The van der Waals surface area contributed by atoms with Crippen molar-refractivity contribution in [1.82, 2.24) is 0 Å². The van der Waals surface area contributed by atoms with Gasteiger partial charge >= 0.3 is 0 Å². The lowest BCUT2D eigenvalue weighted by molar-refractivity contribution is -0.128. The molecule has 3 unspecified atom stereocenters. The number of aliphatic hydroxyl groups is 1. The molecule has 0 saturated heterocycles. The molecule has 0 amide bonds. The van der Waals surface area contributed by atoms with E-state index in [4.69, 9.17) is 11.5 Å². The third-order valence-electron chi connectivity index (χ3n) is 6.44. The summed E-state index contributed by atoms with van der Waals surface area (Å²) in [5.74, 6) is -1.45. The maximum Gasteiger partial charge on any atom is 0.162 e. The van der Waals surface area contributed by atoms with E-state index in [0.29, 0.717) is 19.3 Å². The zero-order valence-electron chi connectivity index (χ0n) is 20.9. The van der Waals surface area contributed by atoms with E-state index in [9.17, 15) is 23.5 Å². The van der Waals surface area contributed by atoms with Gasteiger partial charge in [-0.3, -0.25) is 9.59 Å². The average molecular weight is 489 g/mol. The van der Waals surface area contributed by atoms with Crippen LogP contribution >= 0.6 is 0 Å². The number of rotatable bonds is 14. The molecule has 35 heavy (non-hydrogen) atoms. The first-order valence-electron chi connectivity index (χ1n) is 12.1. The molecule has 0 heterocycles. The lowest BCUT2D eigenvalue weighted by atomic mass is 9.80. The molecule has 2 aromatic rings. The SMILES string of the molecule is Cc1ccc(CC(N)C(O)C(=O)CCC(C)(C)CCC(=O)CC(N)Cc2cc(F)ccc2F)cc1. The van der Waals surface area contributed by atoms with Gasteiger partial charge in [-0.25, -0.2) is 8.78 Å². The fourth-order valence-corrected chi connectivity index (χ4v) is 4.01. The maximum absolute atomic E-state index is 13.8. The number of carbonyl (C=O) groups excluding carboxylic acids is 2. The standard InChI is InChI=1S/C28H38F2N2O3/c1-18-4-6-19(7-5-18)14-25(32)27(35)26(34)11-13-28(2,3)12-10-23(33)17-22(31)16-20-15-21(29)8-9-24(20)30/h4-9,15,22,25,27,35H,10-14,16-17,31-32H2,1-3H3. The summed E-state index contributed by atoms with van der Waals surface area (Å²) in [6.45, 7) is 5.92. The average Bonchev–Trinajstić information content (AvgIpc) is 2.79. The molecule has 3 atom stereocenters. The smallest absolute Gasteiger partial charge is 0.162 e. The van der Waals surface area contributed by atoms with Gasteiger partial charge in [0.2, 0.25) is 0 Å².